The minimum atomic E-state index is -1.19. The highest BCUT2D eigenvalue weighted by molar-refractivity contribution is 6.57. The molecule has 0 bridgehead atoms. The third kappa shape index (κ3) is 2.89. The summed E-state index contributed by atoms with van der Waals surface area (Å²) >= 11 is 10.6. The Kier molecular flexibility index (Phi) is 2.09. The third-order valence-corrected chi connectivity index (χ3v) is 1.15. The fourth-order valence-electron chi connectivity index (χ4n) is 0. The Labute approximate surface area is 52.6 Å². The minimum Gasteiger partial charge on any atom is -0.297 e. The number of Topliss-reactive ketones (excluding diaryl/α,β-unsaturated/α-hetero) is 1. The lowest BCUT2D eigenvalue weighted by Gasteiger charge is -2.04. The Bertz CT molecular complexity index is 82.2. The van der Waals surface area contributed by atoms with Crippen LogP contribution in [0.5, 0.6) is 0 Å². The van der Waals surface area contributed by atoms with E-state index in [-0.39, 0.29) is 5.78 Å². The number of hydrogen-bond donors (Lipinski definition) is 0. The normalized spacial score (nSPS) is 11.4. The predicted molar refractivity (Wildman–Crippen MR) is 30.8 cm³/mol. The third-order valence-electron chi connectivity index (χ3n) is 0.618. The zero-order valence-electron chi connectivity index (χ0n) is 4.16. The van der Waals surface area contributed by atoms with Crippen LogP contribution >= 0.6 is 23.2 Å². The van der Waals surface area contributed by atoms with Gasteiger partial charge in [0.05, 0.1) is 0 Å². The molecule has 0 saturated carbocycles. The summed E-state index contributed by atoms with van der Waals surface area (Å²) in [5, 5.41) is 0. The average Bonchev–Trinajstić information content (AvgIpc) is 1.31. The van der Waals surface area contributed by atoms with Gasteiger partial charge in [-0.05, 0) is 13.8 Å². The van der Waals surface area contributed by atoms with E-state index in [1.54, 1.807) is 0 Å². The smallest absolute Gasteiger partial charge is 0.172 e. The van der Waals surface area contributed by atoms with Crippen molar-refractivity contribution in [3.8, 4) is 0 Å². The first-order valence-corrected chi connectivity index (χ1v) is 2.59. The monoisotopic (exact) mass is 140 g/mol. The number of carbonyl (C=O) groups is 1. The molecule has 0 aromatic rings. The highest BCUT2D eigenvalue weighted by atomic mass is 35.5. The molecule has 0 fully saturated rings. The van der Waals surface area contributed by atoms with Crippen LogP contribution in [0.3, 0.4) is 0 Å². The van der Waals surface area contributed by atoms with E-state index in [2.05, 4.69) is 0 Å². The zero-order valence-corrected chi connectivity index (χ0v) is 5.68. The largest absolute Gasteiger partial charge is 0.297 e. The van der Waals surface area contributed by atoms with Gasteiger partial charge < -0.3 is 0 Å². The molecule has 0 heterocycles. The van der Waals surface area contributed by atoms with Gasteiger partial charge in [-0.1, -0.05) is 23.2 Å². The van der Waals surface area contributed by atoms with Gasteiger partial charge in [-0.2, -0.15) is 0 Å². The van der Waals surface area contributed by atoms with Gasteiger partial charge in [0.2, 0.25) is 0 Å². The zero-order chi connectivity index (χ0) is 6.08. The van der Waals surface area contributed by atoms with Gasteiger partial charge in [-0.15, -0.1) is 0 Å². The van der Waals surface area contributed by atoms with Crippen LogP contribution in [-0.4, -0.2) is 10.1 Å². The van der Waals surface area contributed by atoms with Gasteiger partial charge in [0, 0.05) is 0 Å². The minimum absolute atomic E-state index is 0.226. The van der Waals surface area contributed by atoms with Crippen molar-refractivity contribution in [1.29, 1.82) is 0 Å². The Morgan fingerprint density at radius 3 is 1.71 bits per heavy atom. The lowest BCUT2D eigenvalue weighted by molar-refractivity contribution is -0.117. The lowest BCUT2D eigenvalue weighted by atomic mass is 10.3. The summed E-state index contributed by atoms with van der Waals surface area (Å²) in [5.74, 6) is -0.226. The van der Waals surface area contributed by atoms with E-state index in [1.165, 1.54) is 13.8 Å². The van der Waals surface area contributed by atoms with Crippen LogP contribution in [-0.2, 0) is 4.79 Å². The first-order chi connectivity index (χ1) is 2.94. The maximum atomic E-state index is 10.2. The summed E-state index contributed by atoms with van der Waals surface area (Å²) in [6.07, 6.45) is 0. The summed E-state index contributed by atoms with van der Waals surface area (Å²) in [6, 6.07) is 0. The predicted octanol–water partition coefficient (Wildman–Crippen LogP) is 1.77. The van der Waals surface area contributed by atoms with Crippen molar-refractivity contribution in [3.05, 3.63) is 0 Å². The Balaban J connectivity index is 3.79. The molecule has 0 radical (unpaired) electrons. The second-order valence-corrected chi connectivity index (χ2v) is 3.15. The van der Waals surface area contributed by atoms with Crippen LogP contribution in [0.2, 0.25) is 0 Å². The SMILES string of the molecule is CC(=O)C(C)(Cl)Cl. The standard InChI is InChI=1S/C4H6Cl2O/c1-3(7)4(2,5)6/h1-2H3. The van der Waals surface area contributed by atoms with E-state index < -0.39 is 4.33 Å². The van der Waals surface area contributed by atoms with Crippen molar-refractivity contribution < 1.29 is 4.79 Å². The van der Waals surface area contributed by atoms with Crippen LogP contribution in [0.4, 0.5) is 0 Å². The molecular formula is C4H6Cl2O. The fourth-order valence-corrected chi connectivity index (χ4v) is 0. The van der Waals surface area contributed by atoms with E-state index in [0.717, 1.165) is 0 Å². The molecule has 0 spiro atoms. The summed E-state index contributed by atoms with van der Waals surface area (Å²) < 4.78 is -1.19. The maximum absolute atomic E-state index is 10.2. The number of halogens is 2. The first-order valence-electron chi connectivity index (χ1n) is 1.83. The Morgan fingerprint density at radius 1 is 1.57 bits per heavy atom. The van der Waals surface area contributed by atoms with Gasteiger partial charge in [0.15, 0.2) is 10.1 Å². The molecule has 0 aliphatic rings. The number of carbonyl (C=O) groups excluding carboxylic acids is 1. The van der Waals surface area contributed by atoms with E-state index in [9.17, 15) is 4.79 Å². The molecule has 0 amide bonds. The first kappa shape index (κ1) is 7.25. The highest BCUT2D eigenvalue weighted by Crippen LogP contribution is 2.19. The molecule has 0 aliphatic heterocycles. The van der Waals surface area contributed by atoms with Crippen molar-refractivity contribution in [2.75, 3.05) is 0 Å². The molecule has 7 heavy (non-hydrogen) atoms. The molecule has 0 aromatic carbocycles. The lowest BCUT2D eigenvalue weighted by Crippen LogP contribution is -2.17. The van der Waals surface area contributed by atoms with E-state index in [0.29, 0.717) is 0 Å². The van der Waals surface area contributed by atoms with Crippen molar-refractivity contribution in [3.63, 3.8) is 0 Å². The van der Waals surface area contributed by atoms with Gasteiger partial charge in [-0.3, -0.25) is 4.79 Å². The Hall–Kier alpha value is 0.250. The fraction of sp³-hybridized carbons (Fsp3) is 0.750. The van der Waals surface area contributed by atoms with Crippen molar-refractivity contribution in [1.82, 2.24) is 0 Å². The molecule has 0 atom stereocenters. The molecule has 0 rings (SSSR count). The van der Waals surface area contributed by atoms with Crippen LogP contribution in [0.15, 0.2) is 0 Å². The van der Waals surface area contributed by atoms with Gasteiger partial charge in [0.1, 0.15) is 0 Å². The van der Waals surface area contributed by atoms with Crippen LogP contribution < -0.4 is 0 Å². The molecule has 3 heteroatoms. The summed E-state index contributed by atoms with van der Waals surface area (Å²) in [6.45, 7) is 2.79. The van der Waals surface area contributed by atoms with Crippen molar-refractivity contribution >= 4 is 29.0 Å². The molecule has 0 saturated heterocycles. The van der Waals surface area contributed by atoms with Gasteiger partial charge >= 0.3 is 0 Å². The summed E-state index contributed by atoms with van der Waals surface area (Å²) in [7, 11) is 0. The number of hydrogen-bond acceptors (Lipinski definition) is 1. The second kappa shape index (κ2) is 2.01. The number of alkyl halides is 2. The molecule has 1 nitrogen and oxygen atoms in total. The molecule has 0 aromatic heterocycles. The average molecular weight is 141 g/mol. The maximum Gasteiger partial charge on any atom is 0.172 e. The van der Waals surface area contributed by atoms with Crippen LogP contribution in [0.25, 0.3) is 0 Å². The quantitative estimate of drug-likeness (QED) is 0.508. The van der Waals surface area contributed by atoms with E-state index in [4.69, 9.17) is 23.2 Å². The highest BCUT2D eigenvalue weighted by Gasteiger charge is 2.21. The van der Waals surface area contributed by atoms with Gasteiger partial charge in [0.25, 0.3) is 0 Å². The molecular weight excluding hydrogens is 135 g/mol. The van der Waals surface area contributed by atoms with E-state index >= 15 is 0 Å². The molecule has 0 N–H and O–H groups in total. The number of ketones is 1. The van der Waals surface area contributed by atoms with Crippen LogP contribution in [0, 0.1) is 0 Å². The Morgan fingerprint density at radius 2 is 1.71 bits per heavy atom. The summed E-state index contributed by atoms with van der Waals surface area (Å²) in [5.41, 5.74) is 0. The topological polar surface area (TPSA) is 17.1 Å². The molecule has 42 valence electrons. The van der Waals surface area contributed by atoms with Crippen molar-refractivity contribution in [2.24, 2.45) is 0 Å². The molecule has 0 unspecified atom stereocenters. The molecule has 0 aliphatic carbocycles. The number of rotatable bonds is 1. The van der Waals surface area contributed by atoms with Gasteiger partial charge in [-0.25, -0.2) is 0 Å². The second-order valence-electron chi connectivity index (χ2n) is 1.44. The van der Waals surface area contributed by atoms with Crippen molar-refractivity contribution in [2.45, 2.75) is 18.2 Å². The van der Waals surface area contributed by atoms with E-state index in [1.807, 2.05) is 0 Å². The van der Waals surface area contributed by atoms with Crippen LogP contribution in [0.1, 0.15) is 13.8 Å². The summed E-state index contributed by atoms with van der Waals surface area (Å²) in [4.78, 5) is 10.2.